The minimum absolute atomic E-state index is 0.0368. The molecule has 1 N–H and O–H groups in total. The molecule has 0 spiro atoms. The number of carbonyl (C=O) groups is 1. The molecule has 0 heterocycles. The largest absolute Gasteiger partial charge is 0.481 e. The standard InChI is InChI=1S/C20H25NO2/c1-14-10-12-16(13-11-14)23-15(2)19(22)21-18-9-7-6-8-17(18)20(3,4)5/h6-13,15H,1-5H3,(H,21,22). The minimum atomic E-state index is -0.564. The number of anilines is 1. The SMILES string of the molecule is Cc1ccc(OC(C)C(=O)Nc2ccccc2C(C)(C)C)cc1. The first-order valence-corrected chi connectivity index (χ1v) is 7.91. The Kier molecular flexibility index (Phi) is 5.09. The molecule has 3 nitrogen and oxygen atoms in total. The van der Waals surface area contributed by atoms with Crippen molar-refractivity contribution in [2.24, 2.45) is 0 Å². The van der Waals surface area contributed by atoms with Gasteiger partial charge in [0.05, 0.1) is 0 Å². The summed E-state index contributed by atoms with van der Waals surface area (Å²) in [5.41, 5.74) is 3.07. The molecule has 3 heteroatoms. The Bertz CT molecular complexity index is 669. The van der Waals surface area contributed by atoms with E-state index in [0.717, 1.165) is 16.8 Å². The van der Waals surface area contributed by atoms with Crippen molar-refractivity contribution < 1.29 is 9.53 Å². The summed E-state index contributed by atoms with van der Waals surface area (Å²) in [5.74, 6) is 0.546. The molecule has 0 fully saturated rings. The van der Waals surface area contributed by atoms with Crippen LogP contribution in [0.3, 0.4) is 0 Å². The predicted molar refractivity (Wildman–Crippen MR) is 95.0 cm³/mol. The van der Waals surface area contributed by atoms with E-state index in [0.29, 0.717) is 5.75 Å². The molecule has 23 heavy (non-hydrogen) atoms. The normalized spacial score (nSPS) is 12.6. The van der Waals surface area contributed by atoms with E-state index in [2.05, 4.69) is 26.1 Å². The van der Waals surface area contributed by atoms with Crippen molar-refractivity contribution in [3.05, 3.63) is 59.7 Å². The van der Waals surface area contributed by atoms with Gasteiger partial charge in [-0.3, -0.25) is 4.79 Å². The summed E-state index contributed by atoms with van der Waals surface area (Å²) in [6, 6.07) is 15.6. The molecule has 0 aliphatic carbocycles. The number of nitrogens with one attached hydrogen (secondary N) is 1. The Morgan fingerprint density at radius 1 is 1.04 bits per heavy atom. The Morgan fingerprint density at radius 2 is 1.65 bits per heavy atom. The molecule has 2 rings (SSSR count). The lowest BCUT2D eigenvalue weighted by Gasteiger charge is -2.24. The number of hydrogen-bond acceptors (Lipinski definition) is 2. The zero-order valence-corrected chi connectivity index (χ0v) is 14.5. The Labute approximate surface area is 138 Å². The van der Waals surface area contributed by atoms with Gasteiger partial charge in [0.15, 0.2) is 6.10 Å². The molecule has 2 aromatic carbocycles. The fourth-order valence-corrected chi connectivity index (χ4v) is 2.35. The predicted octanol–water partition coefficient (Wildman–Crippen LogP) is 4.70. The fourth-order valence-electron chi connectivity index (χ4n) is 2.35. The van der Waals surface area contributed by atoms with Crippen molar-refractivity contribution in [1.29, 1.82) is 0 Å². The number of carbonyl (C=O) groups excluding carboxylic acids is 1. The molecule has 0 aliphatic heterocycles. The molecule has 0 aromatic heterocycles. The van der Waals surface area contributed by atoms with Gasteiger partial charge in [0, 0.05) is 5.69 Å². The highest BCUT2D eigenvalue weighted by Gasteiger charge is 2.21. The van der Waals surface area contributed by atoms with Gasteiger partial charge in [-0.1, -0.05) is 56.7 Å². The molecular weight excluding hydrogens is 286 g/mol. The van der Waals surface area contributed by atoms with Crippen LogP contribution in [0.4, 0.5) is 5.69 Å². The van der Waals surface area contributed by atoms with Gasteiger partial charge in [-0.25, -0.2) is 0 Å². The lowest BCUT2D eigenvalue weighted by Crippen LogP contribution is -2.31. The monoisotopic (exact) mass is 311 g/mol. The maximum atomic E-state index is 12.4. The summed E-state index contributed by atoms with van der Waals surface area (Å²) in [4.78, 5) is 12.4. The van der Waals surface area contributed by atoms with Gasteiger partial charge in [-0.15, -0.1) is 0 Å². The molecule has 0 saturated heterocycles. The van der Waals surface area contributed by atoms with E-state index >= 15 is 0 Å². The van der Waals surface area contributed by atoms with E-state index in [-0.39, 0.29) is 11.3 Å². The molecule has 122 valence electrons. The van der Waals surface area contributed by atoms with E-state index in [1.165, 1.54) is 0 Å². The maximum Gasteiger partial charge on any atom is 0.265 e. The highest BCUT2D eigenvalue weighted by molar-refractivity contribution is 5.95. The summed E-state index contributed by atoms with van der Waals surface area (Å²) in [7, 11) is 0. The third-order valence-electron chi connectivity index (χ3n) is 3.70. The molecule has 0 saturated carbocycles. The third kappa shape index (κ3) is 4.59. The second-order valence-electron chi connectivity index (χ2n) is 6.86. The van der Waals surface area contributed by atoms with E-state index in [4.69, 9.17) is 4.74 Å². The van der Waals surface area contributed by atoms with Crippen LogP contribution in [0.2, 0.25) is 0 Å². The van der Waals surface area contributed by atoms with Crippen LogP contribution in [0.15, 0.2) is 48.5 Å². The lowest BCUT2D eigenvalue weighted by molar-refractivity contribution is -0.122. The summed E-state index contributed by atoms with van der Waals surface area (Å²) >= 11 is 0. The zero-order valence-electron chi connectivity index (χ0n) is 14.5. The number of amides is 1. The first-order chi connectivity index (χ1) is 10.8. The Hall–Kier alpha value is -2.29. The number of rotatable bonds is 4. The van der Waals surface area contributed by atoms with E-state index in [9.17, 15) is 4.79 Å². The van der Waals surface area contributed by atoms with Crippen LogP contribution in [0.1, 0.15) is 38.8 Å². The van der Waals surface area contributed by atoms with Crippen molar-refractivity contribution >= 4 is 11.6 Å². The van der Waals surface area contributed by atoms with Crippen LogP contribution >= 0.6 is 0 Å². The van der Waals surface area contributed by atoms with Gasteiger partial charge in [0.25, 0.3) is 5.91 Å². The van der Waals surface area contributed by atoms with Crippen LogP contribution in [-0.2, 0) is 10.2 Å². The first-order valence-electron chi connectivity index (χ1n) is 7.91. The highest BCUT2D eigenvalue weighted by Crippen LogP contribution is 2.29. The molecule has 1 amide bonds. The number of ether oxygens (including phenoxy) is 1. The topological polar surface area (TPSA) is 38.3 Å². The smallest absolute Gasteiger partial charge is 0.265 e. The van der Waals surface area contributed by atoms with Gasteiger partial charge in [-0.2, -0.15) is 0 Å². The minimum Gasteiger partial charge on any atom is -0.481 e. The van der Waals surface area contributed by atoms with Gasteiger partial charge >= 0.3 is 0 Å². The number of para-hydroxylation sites is 1. The highest BCUT2D eigenvalue weighted by atomic mass is 16.5. The van der Waals surface area contributed by atoms with Gasteiger partial charge in [0.1, 0.15) is 5.75 Å². The summed E-state index contributed by atoms with van der Waals surface area (Å²) < 4.78 is 5.72. The van der Waals surface area contributed by atoms with Crippen molar-refractivity contribution in [3.63, 3.8) is 0 Å². The Morgan fingerprint density at radius 3 is 2.26 bits per heavy atom. The van der Waals surface area contributed by atoms with Crippen LogP contribution in [0, 0.1) is 6.92 Å². The summed E-state index contributed by atoms with van der Waals surface area (Å²) in [6.07, 6.45) is -0.564. The number of benzene rings is 2. The average molecular weight is 311 g/mol. The molecular formula is C20H25NO2. The van der Waals surface area contributed by atoms with Crippen LogP contribution in [-0.4, -0.2) is 12.0 Å². The number of hydrogen-bond donors (Lipinski definition) is 1. The van der Waals surface area contributed by atoms with Crippen molar-refractivity contribution in [3.8, 4) is 5.75 Å². The van der Waals surface area contributed by atoms with Crippen molar-refractivity contribution in [1.82, 2.24) is 0 Å². The van der Waals surface area contributed by atoms with Crippen LogP contribution in [0.5, 0.6) is 5.75 Å². The summed E-state index contributed by atoms with van der Waals surface area (Å²) in [5, 5.41) is 2.98. The first kappa shape index (κ1) is 17.1. The van der Waals surface area contributed by atoms with Crippen LogP contribution in [0.25, 0.3) is 0 Å². The van der Waals surface area contributed by atoms with Crippen LogP contribution < -0.4 is 10.1 Å². The van der Waals surface area contributed by atoms with Gasteiger partial charge < -0.3 is 10.1 Å². The fraction of sp³-hybridized carbons (Fsp3) is 0.350. The zero-order chi connectivity index (χ0) is 17.0. The van der Waals surface area contributed by atoms with E-state index in [1.807, 2.05) is 55.5 Å². The molecule has 0 bridgehead atoms. The van der Waals surface area contributed by atoms with Crippen molar-refractivity contribution in [2.75, 3.05) is 5.32 Å². The second kappa shape index (κ2) is 6.86. The Balaban J connectivity index is 2.08. The van der Waals surface area contributed by atoms with Crippen molar-refractivity contribution in [2.45, 2.75) is 46.1 Å². The van der Waals surface area contributed by atoms with E-state index in [1.54, 1.807) is 6.92 Å². The average Bonchev–Trinajstić information content (AvgIpc) is 2.49. The quantitative estimate of drug-likeness (QED) is 0.889. The third-order valence-corrected chi connectivity index (χ3v) is 3.70. The molecule has 2 aromatic rings. The molecule has 1 unspecified atom stereocenters. The van der Waals surface area contributed by atoms with E-state index < -0.39 is 6.10 Å². The second-order valence-corrected chi connectivity index (χ2v) is 6.86. The molecule has 1 atom stereocenters. The molecule has 0 aliphatic rings. The molecule has 0 radical (unpaired) electrons. The summed E-state index contributed by atoms with van der Waals surface area (Å²) in [6.45, 7) is 10.2. The van der Waals surface area contributed by atoms with Gasteiger partial charge in [0.2, 0.25) is 0 Å². The maximum absolute atomic E-state index is 12.4. The van der Waals surface area contributed by atoms with Gasteiger partial charge in [-0.05, 0) is 43.0 Å². The number of aryl methyl sites for hydroxylation is 1. The lowest BCUT2D eigenvalue weighted by atomic mass is 9.86.